The highest BCUT2D eigenvalue weighted by Gasteiger charge is 2.29. The molecular formula is C84H110N6O8. The van der Waals surface area contributed by atoms with Gasteiger partial charge in [-0.05, 0) is 94.1 Å². The number of aromatic nitrogens is 4. The lowest BCUT2D eigenvalue weighted by atomic mass is 9.86. The maximum atomic E-state index is 15.1. The Morgan fingerprint density at radius 1 is 0.347 bits per heavy atom. The lowest BCUT2D eigenvalue weighted by Crippen LogP contribution is -2.14. The monoisotopic (exact) mass is 1330 g/mol. The highest BCUT2D eigenvalue weighted by Crippen LogP contribution is 2.47. The van der Waals surface area contributed by atoms with Crippen LogP contribution in [-0.2, 0) is 0 Å². The number of pyridine rings is 2. The molecule has 0 aliphatic heterocycles. The van der Waals surface area contributed by atoms with Gasteiger partial charge in [0.05, 0.1) is 45.1 Å². The van der Waals surface area contributed by atoms with E-state index in [4.69, 9.17) is 19.4 Å². The Morgan fingerprint density at radius 2 is 0.592 bits per heavy atom. The van der Waals surface area contributed by atoms with Gasteiger partial charge in [0.1, 0.15) is 11.3 Å². The number of benzene rings is 7. The van der Waals surface area contributed by atoms with Gasteiger partial charge in [0.25, 0.3) is 11.1 Å². The van der Waals surface area contributed by atoms with E-state index in [-0.39, 0.29) is 45.8 Å². The number of ether oxygens (including phenoxy) is 2. The summed E-state index contributed by atoms with van der Waals surface area (Å²) in [6.45, 7) is 9.80. The number of nitro groups is 2. The first-order valence-electron chi connectivity index (χ1n) is 39.0. The van der Waals surface area contributed by atoms with E-state index in [1.807, 2.05) is 36.4 Å². The Labute approximate surface area is 579 Å². The van der Waals surface area contributed by atoms with Gasteiger partial charge in [-0.2, -0.15) is 0 Å². The Hall–Kier alpha value is -7.48. The summed E-state index contributed by atoms with van der Waals surface area (Å²) < 4.78 is 16.2. The van der Waals surface area contributed by atoms with Crippen LogP contribution in [0.2, 0.25) is 0 Å². The van der Waals surface area contributed by atoms with Crippen molar-refractivity contribution in [1.29, 1.82) is 0 Å². The highest BCUT2D eigenvalue weighted by molar-refractivity contribution is 6.40. The normalized spacial score (nSPS) is 12.9. The van der Waals surface area contributed by atoms with Gasteiger partial charge in [-0.15, -0.1) is 0 Å². The van der Waals surface area contributed by atoms with Gasteiger partial charge in [-0.3, -0.25) is 38.6 Å². The first kappa shape index (κ1) is 71.8. The first-order chi connectivity index (χ1) is 48.1. The van der Waals surface area contributed by atoms with E-state index in [0.29, 0.717) is 57.3 Å². The fourth-order valence-corrected chi connectivity index (χ4v) is 16.3. The zero-order chi connectivity index (χ0) is 68.3. The molecule has 14 nitrogen and oxygen atoms in total. The fraction of sp³-hybridized carbons (Fsp3) is 0.571. The van der Waals surface area contributed by atoms with Crippen molar-refractivity contribution in [3.63, 3.8) is 0 Å². The van der Waals surface area contributed by atoms with Crippen LogP contribution >= 0.6 is 0 Å². The first-order valence-corrected chi connectivity index (χ1v) is 39.0. The molecule has 0 N–H and O–H groups in total. The van der Waals surface area contributed by atoms with E-state index in [1.165, 1.54) is 226 Å². The lowest BCUT2D eigenvalue weighted by Gasteiger charge is -2.18. The van der Waals surface area contributed by atoms with E-state index in [9.17, 15) is 20.2 Å². The Balaban J connectivity index is 0.873. The van der Waals surface area contributed by atoms with Crippen LogP contribution in [0, 0.1) is 32.1 Å². The zero-order valence-corrected chi connectivity index (χ0v) is 59.7. The predicted octanol–water partition coefficient (Wildman–Crippen LogP) is 24.7. The SMILES string of the molecule is CCCCCCCCCCCCC(CCCCCCCCCC)COc1cc2nc3c4ccc5c6ccc7c(=O)n8c9cc([N+](=O)[O-])c(OCC(CCCCCCCCCC)CCCCCCCCCCCC)cc9nc8c8ccc(c9ccc(c(=O)n3c2cc1[N+](=O)[O-])c4c95)c6c78. The van der Waals surface area contributed by atoms with Crippen LogP contribution in [0.4, 0.5) is 11.4 Å². The molecule has 0 spiro atoms. The van der Waals surface area contributed by atoms with Gasteiger partial charge >= 0.3 is 11.4 Å². The molecule has 11 rings (SSSR count). The standard InChI is InChI=1S/C84H110N6O8/c1-5-9-13-17-21-25-27-31-35-39-43-59(41-37-33-29-23-19-15-11-7-3)57-97-75-53-69-71(55-73(75)89(93)94)87-81(85-69)65-49-45-61-64-48-52-68-80-66(50-46-62(78(64)80)63-47-51-67(83(87)91)79(65)77(61)63)82-86-70-54-76(74(90(95)96)56-72(70)88(82)84(68)92)98-58-60(42-38-34-30-24-20-16-12-8-4)44-40-36-32-28-26-22-18-14-10-6-2/h45-56,59-60H,5-44,57-58H2,1-4H3. The summed E-state index contributed by atoms with van der Waals surface area (Å²) in [5.41, 5.74) is 1.44. The predicted molar refractivity (Wildman–Crippen MR) is 409 cm³/mol. The number of hydrogen-bond donors (Lipinski definition) is 0. The minimum absolute atomic E-state index is 0.174. The molecule has 4 heterocycles. The molecule has 98 heavy (non-hydrogen) atoms. The molecule has 0 bridgehead atoms. The maximum Gasteiger partial charge on any atom is 0.313 e. The number of rotatable bonds is 48. The number of fused-ring (bicyclic) bond motifs is 10. The molecule has 0 amide bonds. The summed E-state index contributed by atoms with van der Waals surface area (Å²) in [5.74, 6) is 0.889. The number of nitrogens with zero attached hydrogens (tertiary/aromatic N) is 6. The molecule has 11 aromatic rings. The van der Waals surface area contributed by atoms with Gasteiger partial charge < -0.3 is 9.47 Å². The van der Waals surface area contributed by atoms with Crippen LogP contribution in [0.3, 0.4) is 0 Å². The van der Waals surface area contributed by atoms with Crippen LogP contribution in [0.1, 0.15) is 285 Å². The van der Waals surface area contributed by atoms with E-state index < -0.39 is 9.85 Å². The van der Waals surface area contributed by atoms with Crippen LogP contribution in [-0.4, -0.2) is 41.8 Å². The molecule has 2 unspecified atom stereocenters. The zero-order valence-electron chi connectivity index (χ0n) is 59.7. The second-order valence-corrected chi connectivity index (χ2v) is 29.2. The minimum Gasteiger partial charge on any atom is -0.486 e. The number of imidazole rings is 2. The van der Waals surface area contributed by atoms with Gasteiger partial charge in [0.15, 0.2) is 11.5 Å². The number of nitro benzene ring substituents is 2. The third-order valence-corrected chi connectivity index (χ3v) is 21.9. The van der Waals surface area contributed by atoms with Gasteiger partial charge in [-0.25, -0.2) is 9.97 Å². The summed E-state index contributed by atoms with van der Waals surface area (Å²) in [4.78, 5) is 65.6. The molecule has 524 valence electrons. The third-order valence-electron chi connectivity index (χ3n) is 21.9. The molecule has 0 saturated carbocycles. The molecule has 0 aliphatic carbocycles. The lowest BCUT2D eigenvalue weighted by molar-refractivity contribution is -0.385. The van der Waals surface area contributed by atoms with Crippen LogP contribution in [0.25, 0.3) is 98.0 Å². The van der Waals surface area contributed by atoms with Crippen LogP contribution in [0.5, 0.6) is 11.5 Å². The van der Waals surface area contributed by atoms with E-state index in [1.54, 1.807) is 12.1 Å². The van der Waals surface area contributed by atoms with Crippen molar-refractivity contribution < 1.29 is 19.3 Å². The van der Waals surface area contributed by atoms with Crippen molar-refractivity contribution in [2.75, 3.05) is 13.2 Å². The molecule has 0 saturated heterocycles. The second kappa shape index (κ2) is 35.5. The van der Waals surface area contributed by atoms with Crippen molar-refractivity contribution in [2.24, 2.45) is 11.8 Å². The topological polar surface area (TPSA) is 173 Å². The van der Waals surface area contributed by atoms with E-state index in [2.05, 4.69) is 39.8 Å². The number of unbranched alkanes of at least 4 members (excludes halogenated alkanes) is 32. The molecular weight excluding hydrogens is 1220 g/mol. The molecule has 7 aromatic carbocycles. The molecule has 0 fully saturated rings. The van der Waals surface area contributed by atoms with Crippen molar-refractivity contribution >= 4 is 109 Å². The molecule has 14 heteroatoms. The summed E-state index contributed by atoms with van der Waals surface area (Å²) in [7, 11) is 0. The van der Waals surface area contributed by atoms with Crippen LogP contribution < -0.4 is 20.6 Å². The Morgan fingerprint density at radius 3 is 0.867 bits per heavy atom. The fourth-order valence-electron chi connectivity index (χ4n) is 16.3. The molecule has 0 radical (unpaired) electrons. The van der Waals surface area contributed by atoms with E-state index in [0.717, 1.165) is 105 Å². The third kappa shape index (κ3) is 16.5. The quantitative estimate of drug-likeness (QED) is 0.0117. The molecule has 2 atom stereocenters. The summed E-state index contributed by atoms with van der Waals surface area (Å²) in [5, 5.41) is 35.3. The van der Waals surface area contributed by atoms with Crippen LogP contribution in [0.15, 0.2) is 82.4 Å². The average Bonchev–Trinajstić information content (AvgIpc) is 1.11. The van der Waals surface area contributed by atoms with Crippen molar-refractivity contribution in [3.8, 4) is 11.5 Å². The molecule has 4 aromatic heterocycles. The highest BCUT2D eigenvalue weighted by atomic mass is 16.6. The Bertz CT molecular complexity index is 4230. The summed E-state index contributed by atoms with van der Waals surface area (Å²) >= 11 is 0. The van der Waals surface area contributed by atoms with Crippen molar-refractivity contribution in [1.82, 2.24) is 18.8 Å². The van der Waals surface area contributed by atoms with Crippen molar-refractivity contribution in [2.45, 2.75) is 285 Å². The largest absolute Gasteiger partial charge is 0.486 e. The number of hydrogen-bond acceptors (Lipinski definition) is 10. The van der Waals surface area contributed by atoms with E-state index >= 15 is 9.59 Å². The van der Waals surface area contributed by atoms with Gasteiger partial charge in [-0.1, -0.05) is 283 Å². The van der Waals surface area contributed by atoms with Gasteiger partial charge in [0.2, 0.25) is 0 Å². The second-order valence-electron chi connectivity index (χ2n) is 29.2. The Kier molecular flexibility index (Phi) is 26.0. The summed E-state index contributed by atoms with van der Waals surface area (Å²) in [6.07, 6.45) is 49.4. The van der Waals surface area contributed by atoms with Gasteiger partial charge in [0, 0.05) is 56.6 Å². The summed E-state index contributed by atoms with van der Waals surface area (Å²) in [6, 6.07) is 22.1. The minimum atomic E-state index is -0.403. The maximum absolute atomic E-state index is 15.1. The molecule has 0 aliphatic rings. The smallest absolute Gasteiger partial charge is 0.313 e. The average molecular weight is 1330 g/mol. The van der Waals surface area contributed by atoms with Crippen molar-refractivity contribution in [3.05, 3.63) is 114 Å².